The van der Waals surface area contributed by atoms with Crippen molar-refractivity contribution in [3.63, 3.8) is 0 Å². The molecule has 0 amide bonds. The van der Waals surface area contributed by atoms with Gasteiger partial charge in [-0.1, -0.05) is 0 Å². The highest BCUT2D eigenvalue weighted by Crippen LogP contribution is 2.43. The molecule has 1 aliphatic rings. The number of nitrogens with zero attached hydrogens (tertiary/aromatic N) is 4. The number of methoxy groups -OCH3 is 1. The summed E-state index contributed by atoms with van der Waals surface area (Å²) in [5, 5.41) is 23.8. The second kappa shape index (κ2) is 8.28. The molecule has 11 heteroatoms. The zero-order chi connectivity index (χ0) is 21.1. The molecule has 2 heterocycles. The number of nitriles is 2. The van der Waals surface area contributed by atoms with Crippen molar-refractivity contribution in [2.24, 2.45) is 4.99 Å². The molecule has 0 aliphatic carbocycles. The van der Waals surface area contributed by atoms with E-state index in [0.29, 0.717) is 29.5 Å². The molecule has 0 bridgehead atoms. The second-order valence-electron chi connectivity index (χ2n) is 5.87. The fourth-order valence-corrected chi connectivity index (χ4v) is 3.79. The summed E-state index contributed by atoms with van der Waals surface area (Å²) in [5.41, 5.74) is 13.6. The lowest BCUT2D eigenvalue weighted by molar-refractivity contribution is 0.308. The Labute approximate surface area is 180 Å². The third-order valence-corrected chi connectivity index (χ3v) is 5.02. The van der Waals surface area contributed by atoms with Crippen LogP contribution >= 0.6 is 22.6 Å². The number of benzene rings is 1. The fraction of sp³-hybridized carbons (Fsp3) is 0.222. The maximum Gasteiger partial charge on any atom is 0.211 e. The number of anilines is 3. The Morgan fingerprint density at radius 3 is 2.72 bits per heavy atom. The van der Waals surface area contributed by atoms with Crippen LogP contribution in [0.2, 0.25) is 0 Å². The van der Waals surface area contributed by atoms with Crippen LogP contribution < -0.4 is 31.6 Å². The maximum absolute atomic E-state index is 9.42. The van der Waals surface area contributed by atoms with Crippen molar-refractivity contribution in [1.29, 1.82) is 10.5 Å². The molecule has 0 saturated heterocycles. The van der Waals surface area contributed by atoms with Gasteiger partial charge in [-0.15, -0.1) is 0 Å². The van der Waals surface area contributed by atoms with Gasteiger partial charge in [-0.3, -0.25) is 5.32 Å². The van der Waals surface area contributed by atoms with Gasteiger partial charge in [0.15, 0.2) is 17.7 Å². The van der Waals surface area contributed by atoms with Gasteiger partial charge in [0.05, 0.1) is 23.0 Å². The van der Waals surface area contributed by atoms with Gasteiger partial charge in [0.2, 0.25) is 5.96 Å². The molecule has 0 saturated carbocycles. The summed E-state index contributed by atoms with van der Waals surface area (Å²) in [6.45, 7) is 2.37. The van der Waals surface area contributed by atoms with Crippen LogP contribution in [0, 0.1) is 26.4 Å². The van der Waals surface area contributed by atoms with Gasteiger partial charge in [0, 0.05) is 5.56 Å². The largest absolute Gasteiger partial charge is 0.493 e. The number of rotatable bonds is 4. The molecule has 10 nitrogen and oxygen atoms in total. The number of ether oxygens (including phenoxy) is 2. The highest BCUT2D eigenvalue weighted by atomic mass is 127. The van der Waals surface area contributed by atoms with Crippen molar-refractivity contribution >= 4 is 45.9 Å². The molecule has 1 aliphatic heterocycles. The van der Waals surface area contributed by atoms with Gasteiger partial charge in [-0.05, 0) is 47.2 Å². The minimum Gasteiger partial charge on any atom is -0.493 e. The lowest BCUT2D eigenvalue weighted by Gasteiger charge is -2.27. The minimum absolute atomic E-state index is 0.00735. The van der Waals surface area contributed by atoms with Gasteiger partial charge in [-0.2, -0.15) is 10.5 Å². The first kappa shape index (κ1) is 20.3. The van der Waals surface area contributed by atoms with Crippen molar-refractivity contribution in [1.82, 2.24) is 10.3 Å². The lowest BCUT2D eigenvalue weighted by Crippen LogP contribution is -2.32. The van der Waals surface area contributed by atoms with Crippen LogP contribution in [0.3, 0.4) is 0 Å². The van der Waals surface area contributed by atoms with Crippen molar-refractivity contribution in [2.75, 3.05) is 30.5 Å². The van der Waals surface area contributed by atoms with E-state index in [-0.39, 0.29) is 23.0 Å². The zero-order valence-corrected chi connectivity index (χ0v) is 17.7. The molecular weight excluding hydrogens is 487 g/mol. The summed E-state index contributed by atoms with van der Waals surface area (Å²) in [7, 11) is 1.55. The Bertz CT molecular complexity index is 1090. The van der Waals surface area contributed by atoms with Crippen LogP contribution in [0.1, 0.15) is 29.7 Å². The van der Waals surface area contributed by atoms with Gasteiger partial charge in [0.25, 0.3) is 0 Å². The number of hydrogen-bond donors (Lipinski definition) is 4. The summed E-state index contributed by atoms with van der Waals surface area (Å²) < 4.78 is 12.0. The van der Waals surface area contributed by atoms with Crippen molar-refractivity contribution < 1.29 is 9.47 Å². The quantitative estimate of drug-likeness (QED) is 0.277. The molecule has 1 aromatic carbocycles. The summed E-state index contributed by atoms with van der Waals surface area (Å²) in [4.78, 5) is 8.78. The van der Waals surface area contributed by atoms with Gasteiger partial charge in [0.1, 0.15) is 29.3 Å². The molecule has 6 N–H and O–H groups in total. The van der Waals surface area contributed by atoms with Crippen LogP contribution in [-0.2, 0) is 0 Å². The summed E-state index contributed by atoms with van der Waals surface area (Å²) >= 11 is 2.15. The van der Waals surface area contributed by atoms with E-state index in [9.17, 15) is 5.26 Å². The highest BCUT2D eigenvalue weighted by Gasteiger charge is 2.30. The van der Waals surface area contributed by atoms with E-state index in [4.69, 9.17) is 26.2 Å². The average molecular weight is 504 g/mol. The molecule has 148 valence electrons. The van der Waals surface area contributed by atoms with E-state index in [1.165, 1.54) is 0 Å². The first-order valence-corrected chi connectivity index (χ1v) is 9.52. The Hall–Kier alpha value is -3.45. The van der Waals surface area contributed by atoms with E-state index in [1.54, 1.807) is 13.2 Å². The fourth-order valence-electron chi connectivity index (χ4n) is 3.00. The summed E-state index contributed by atoms with van der Waals surface area (Å²) in [5.74, 6) is 1.64. The first-order chi connectivity index (χ1) is 13.9. The molecule has 29 heavy (non-hydrogen) atoms. The second-order valence-corrected chi connectivity index (χ2v) is 7.03. The molecule has 0 spiro atoms. The number of aromatic nitrogens is 1. The smallest absolute Gasteiger partial charge is 0.211 e. The van der Waals surface area contributed by atoms with Crippen molar-refractivity contribution in [3.8, 4) is 23.8 Å². The zero-order valence-electron chi connectivity index (χ0n) is 15.6. The highest BCUT2D eigenvalue weighted by molar-refractivity contribution is 14.1. The van der Waals surface area contributed by atoms with Gasteiger partial charge in [-0.25, -0.2) is 9.98 Å². The SMILES string of the molecule is CCOc1c(I)cc(C2N=C(NC#N)Nc3nc(N)c(C#N)c(N)c32)cc1OC. The van der Waals surface area contributed by atoms with Crippen molar-refractivity contribution in [2.45, 2.75) is 13.0 Å². The Morgan fingerprint density at radius 2 is 2.10 bits per heavy atom. The van der Waals surface area contributed by atoms with Crippen LogP contribution in [0.25, 0.3) is 0 Å². The number of hydrogen-bond acceptors (Lipinski definition) is 10. The number of halogens is 1. The standard InChI is InChI=1S/C18H17IN8O2/c1-3-29-15-10(19)4-8(5-11(15)28-2)14-12-13(22)9(6-20)16(23)26-17(12)27-18(25-14)24-7-21/h4-5,14H,3H2,1-2H3,(H6,22,23,24,25,26,27). The van der Waals surface area contributed by atoms with Crippen LogP contribution in [0.15, 0.2) is 17.1 Å². The van der Waals surface area contributed by atoms with E-state index in [2.05, 4.69) is 43.2 Å². The van der Waals surface area contributed by atoms with Crippen LogP contribution in [-0.4, -0.2) is 24.7 Å². The Balaban J connectivity index is 2.25. The number of nitrogens with one attached hydrogen (secondary N) is 2. The lowest BCUT2D eigenvalue weighted by atomic mass is 9.95. The number of nitrogens with two attached hydrogens (primary N) is 2. The number of guanidine groups is 1. The van der Waals surface area contributed by atoms with E-state index in [1.807, 2.05) is 25.3 Å². The summed E-state index contributed by atoms with van der Waals surface area (Å²) in [6, 6.07) is 4.98. The van der Waals surface area contributed by atoms with E-state index < -0.39 is 6.04 Å². The number of fused-ring (bicyclic) bond motifs is 1. The molecule has 1 aromatic heterocycles. The van der Waals surface area contributed by atoms with Crippen LogP contribution in [0.4, 0.5) is 17.3 Å². The number of pyridine rings is 1. The van der Waals surface area contributed by atoms with Crippen molar-refractivity contribution in [3.05, 3.63) is 32.4 Å². The van der Waals surface area contributed by atoms with E-state index in [0.717, 1.165) is 9.13 Å². The molecule has 3 rings (SSSR count). The van der Waals surface area contributed by atoms with Gasteiger partial charge >= 0.3 is 0 Å². The molecule has 0 radical (unpaired) electrons. The Kier molecular flexibility index (Phi) is 5.79. The third kappa shape index (κ3) is 3.64. The predicted octanol–water partition coefficient (Wildman–Crippen LogP) is 2.07. The molecule has 1 atom stereocenters. The van der Waals surface area contributed by atoms with Crippen LogP contribution in [0.5, 0.6) is 11.5 Å². The molecule has 0 fully saturated rings. The van der Waals surface area contributed by atoms with Gasteiger partial charge < -0.3 is 26.3 Å². The molecular formula is C18H17IN8O2. The first-order valence-electron chi connectivity index (χ1n) is 8.44. The maximum atomic E-state index is 9.42. The third-order valence-electron chi connectivity index (χ3n) is 4.21. The number of nitrogen functional groups attached to an aromatic ring is 2. The predicted molar refractivity (Wildman–Crippen MR) is 116 cm³/mol. The summed E-state index contributed by atoms with van der Waals surface area (Å²) in [6.07, 6.45) is 1.82. The normalized spacial score (nSPS) is 14.5. The monoisotopic (exact) mass is 504 g/mol. The average Bonchev–Trinajstić information content (AvgIpc) is 2.69. The topological polar surface area (TPSA) is 167 Å². The number of aliphatic imine (C=N–C) groups is 1. The molecule has 1 unspecified atom stereocenters. The van der Waals surface area contributed by atoms with E-state index >= 15 is 0 Å². The Morgan fingerprint density at radius 1 is 1.34 bits per heavy atom. The minimum atomic E-state index is -0.652. The molecule has 2 aromatic rings.